The van der Waals surface area contributed by atoms with Crippen LogP contribution in [0.25, 0.3) is 0 Å². The van der Waals surface area contributed by atoms with Crippen LogP contribution in [-0.4, -0.2) is 34.2 Å². The van der Waals surface area contributed by atoms with Gasteiger partial charge in [-0.1, -0.05) is 0 Å². The quantitative estimate of drug-likeness (QED) is 0.847. The van der Waals surface area contributed by atoms with Crippen LogP contribution in [0, 0.1) is 11.6 Å². The fourth-order valence-corrected chi connectivity index (χ4v) is 2.37. The van der Waals surface area contributed by atoms with Gasteiger partial charge in [0.1, 0.15) is 5.75 Å². The molecule has 0 unspecified atom stereocenters. The molecule has 0 spiro atoms. The highest BCUT2D eigenvalue weighted by molar-refractivity contribution is 7.92. The first-order chi connectivity index (χ1) is 11.7. The van der Waals surface area contributed by atoms with Crippen molar-refractivity contribution in [1.29, 1.82) is 0 Å². The van der Waals surface area contributed by atoms with Gasteiger partial charge >= 0.3 is 0 Å². The third kappa shape index (κ3) is 5.15. The number of benzene rings is 2. The van der Waals surface area contributed by atoms with Crippen molar-refractivity contribution in [3.63, 3.8) is 0 Å². The van der Waals surface area contributed by atoms with E-state index in [9.17, 15) is 22.0 Å². The predicted octanol–water partition coefficient (Wildman–Crippen LogP) is 2.38. The van der Waals surface area contributed by atoms with Crippen molar-refractivity contribution >= 4 is 27.3 Å². The van der Waals surface area contributed by atoms with E-state index in [1.54, 1.807) is 0 Å². The predicted molar refractivity (Wildman–Crippen MR) is 90.2 cm³/mol. The lowest BCUT2D eigenvalue weighted by atomic mass is 10.3. The Hall–Kier alpha value is -2.68. The molecule has 134 valence electrons. The molecule has 0 aliphatic carbocycles. The van der Waals surface area contributed by atoms with E-state index in [2.05, 4.69) is 5.32 Å². The van der Waals surface area contributed by atoms with Crippen molar-refractivity contribution in [1.82, 2.24) is 0 Å². The SMILES string of the molecule is CN(c1ccc(OCC(=O)Nc2ccc(F)c(F)c2)cc1)S(C)(=O)=O. The summed E-state index contributed by atoms with van der Waals surface area (Å²) in [6.45, 7) is -0.347. The van der Waals surface area contributed by atoms with Crippen molar-refractivity contribution in [2.24, 2.45) is 0 Å². The van der Waals surface area contributed by atoms with Crippen molar-refractivity contribution in [2.75, 3.05) is 29.5 Å². The summed E-state index contributed by atoms with van der Waals surface area (Å²) in [5.41, 5.74) is 0.554. The lowest BCUT2D eigenvalue weighted by molar-refractivity contribution is -0.118. The first kappa shape index (κ1) is 18.7. The summed E-state index contributed by atoms with van der Waals surface area (Å²) >= 11 is 0. The molecule has 0 radical (unpaired) electrons. The molecule has 9 heteroatoms. The number of carbonyl (C=O) groups excluding carboxylic acids is 1. The first-order valence-corrected chi connectivity index (χ1v) is 8.93. The Bertz CT molecular complexity index is 870. The number of halogens is 2. The maximum absolute atomic E-state index is 13.1. The van der Waals surface area contributed by atoms with Gasteiger partial charge in [0, 0.05) is 18.8 Å². The van der Waals surface area contributed by atoms with Gasteiger partial charge in [0.25, 0.3) is 5.91 Å². The molecule has 25 heavy (non-hydrogen) atoms. The van der Waals surface area contributed by atoms with Crippen molar-refractivity contribution in [3.8, 4) is 5.75 Å². The van der Waals surface area contributed by atoms with Crippen LogP contribution in [0.2, 0.25) is 0 Å². The number of carbonyl (C=O) groups is 1. The second-order valence-electron chi connectivity index (χ2n) is 5.19. The van der Waals surface area contributed by atoms with Gasteiger partial charge in [0.15, 0.2) is 18.2 Å². The minimum atomic E-state index is -3.36. The zero-order valence-corrected chi connectivity index (χ0v) is 14.3. The number of amides is 1. The fraction of sp³-hybridized carbons (Fsp3) is 0.188. The van der Waals surface area contributed by atoms with E-state index in [0.717, 1.165) is 22.7 Å². The molecule has 0 fully saturated rings. The molecule has 1 N–H and O–H groups in total. The van der Waals surface area contributed by atoms with E-state index in [1.165, 1.54) is 37.4 Å². The molecule has 0 aliphatic heterocycles. The minimum absolute atomic E-state index is 0.109. The zero-order chi connectivity index (χ0) is 18.6. The molecule has 2 aromatic carbocycles. The Morgan fingerprint density at radius 1 is 1.12 bits per heavy atom. The highest BCUT2D eigenvalue weighted by atomic mass is 32.2. The van der Waals surface area contributed by atoms with Gasteiger partial charge in [-0.3, -0.25) is 9.10 Å². The maximum Gasteiger partial charge on any atom is 0.262 e. The van der Waals surface area contributed by atoms with Crippen LogP contribution in [0.3, 0.4) is 0 Å². The molecule has 0 saturated carbocycles. The van der Waals surface area contributed by atoms with Crippen LogP contribution < -0.4 is 14.4 Å². The molecule has 0 bridgehead atoms. The molecular weight excluding hydrogens is 354 g/mol. The van der Waals surface area contributed by atoms with Crippen LogP contribution in [0.4, 0.5) is 20.2 Å². The molecule has 0 saturated heterocycles. The van der Waals surface area contributed by atoms with E-state index in [1.807, 2.05) is 0 Å². The van der Waals surface area contributed by atoms with Crippen LogP contribution in [0.5, 0.6) is 5.75 Å². The van der Waals surface area contributed by atoms with Gasteiger partial charge in [0.2, 0.25) is 10.0 Å². The van der Waals surface area contributed by atoms with E-state index in [0.29, 0.717) is 11.4 Å². The van der Waals surface area contributed by atoms with Crippen LogP contribution in [0.15, 0.2) is 42.5 Å². The largest absolute Gasteiger partial charge is 0.484 e. The molecule has 2 aromatic rings. The zero-order valence-electron chi connectivity index (χ0n) is 13.5. The summed E-state index contributed by atoms with van der Waals surface area (Å²) in [5, 5.41) is 2.37. The third-order valence-corrected chi connectivity index (χ3v) is 4.48. The minimum Gasteiger partial charge on any atom is -0.484 e. The summed E-state index contributed by atoms with van der Waals surface area (Å²) in [7, 11) is -1.95. The maximum atomic E-state index is 13.1. The Labute approximate surface area is 144 Å². The lowest BCUT2D eigenvalue weighted by Gasteiger charge is -2.16. The molecule has 1 amide bonds. The topological polar surface area (TPSA) is 75.7 Å². The van der Waals surface area contributed by atoms with Gasteiger partial charge in [0.05, 0.1) is 11.9 Å². The van der Waals surface area contributed by atoms with Gasteiger partial charge in [-0.2, -0.15) is 0 Å². The van der Waals surface area contributed by atoms with E-state index >= 15 is 0 Å². The molecular formula is C16H16F2N2O4S. The summed E-state index contributed by atoms with van der Waals surface area (Å²) in [5.74, 6) is -2.27. The van der Waals surface area contributed by atoms with Crippen molar-refractivity contribution < 1.29 is 26.7 Å². The standard InChI is InChI=1S/C16H16F2N2O4S/c1-20(25(2,22)23)12-4-6-13(7-5-12)24-10-16(21)19-11-3-8-14(17)15(18)9-11/h3-9H,10H2,1-2H3,(H,19,21). The molecule has 0 aromatic heterocycles. The van der Waals surface area contributed by atoms with E-state index in [4.69, 9.17) is 4.74 Å². The van der Waals surface area contributed by atoms with Crippen LogP contribution >= 0.6 is 0 Å². The second-order valence-corrected chi connectivity index (χ2v) is 7.20. The smallest absolute Gasteiger partial charge is 0.262 e. The van der Waals surface area contributed by atoms with Gasteiger partial charge in [-0.15, -0.1) is 0 Å². The van der Waals surface area contributed by atoms with Crippen LogP contribution in [-0.2, 0) is 14.8 Å². The molecule has 6 nitrogen and oxygen atoms in total. The number of nitrogens with zero attached hydrogens (tertiary/aromatic N) is 1. The van der Waals surface area contributed by atoms with Crippen LogP contribution in [0.1, 0.15) is 0 Å². The van der Waals surface area contributed by atoms with E-state index in [-0.39, 0.29) is 12.3 Å². The summed E-state index contributed by atoms with van der Waals surface area (Å²) in [6, 6.07) is 9.09. The number of ether oxygens (including phenoxy) is 1. The van der Waals surface area contributed by atoms with Gasteiger partial charge in [-0.05, 0) is 36.4 Å². The number of anilines is 2. The van der Waals surface area contributed by atoms with Crippen molar-refractivity contribution in [2.45, 2.75) is 0 Å². The summed E-state index contributed by atoms with van der Waals surface area (Å²) < 4.78 is 55.1. The third-order valence-electron chi connectivity index (χ3n) is 3.27. The average Bonchev–Trinajstić information content (AvgIpc) is 2.55. The molecule has 0 aliphatic rings. The number of sulfonamides is 1. The number of nitrogens with one attached hydrogen (secondary N) is 1. The molecule has 0 atom stereocenters. The average molecular weight is 370 g/mol. The normalized spacial score (nSPS) is 11.0. The Kier molecular flexibility index (Phi) is 5.58. The number of rotatable bonds is 6. The number of hydrogen-bond acceptors (Lipinski definition) is 4. The molecule has 0 heterocycles. The first-order valence-electron chi connectivity index (χ1n) is 7.08. The highest BCUT2D eigenvalue weighted by Gasteiger charge is 2.12. The lowest BCUT2D eigenvalue weighted by Crippen LogP contribution is -2.24. The Morgan fingerprint density at radius 2 is 1.76 bits per heavy atom. The van der Waals surface area contributed by atoms with Gasteiger partial charge in [-0.25, -0.2) is 17.2 Å². The summed E-state index contributed by atoms with van der Waals surface area (Å²) in [6.07, 6.45) is 1.08. The second kappa shape index (κ2) is 7.47. The fourth-order valence-electron chi connectivity index (χ4n) is 1.86. The van der Waals surface area contributed by atoms with E-state index < -0.39 is 27.6 Å². The van der Waals surface area contributed by atoms with Crippen molar-refractivity contribution in [3.05, 3.63) is 54.1 Å². The van der Waals surface area contributed by atoms with Gasteiger partial charge < -0.3 is 10.1 Å². The summed E-state index contributed by atoms with van der Waals surface area (Å²) in [4.78, 5) is 11.7. The Balaban J connectivity index is 1.92. The number of hydrogen-bond donors (Lipinski definition) is 1. The molecule has 2 rings (SSSR count). The Morgan fingerprint density at radius 3 is 2.32 bits per heavy atom. The highest BCUT2D eigenvalue weighted by Crippen LogP contribution is 2.20. The monoisotopic (exact) mass is 370 g/mol.